The molecular formula is C22H23N3O4. The number of carbonyl (C=O) groups is 1. The van der Waals surface area contributed by atoms with Gasteiger partial charge in [0, 0.05) is 17.8 Å². The van der Waals surface area contributed by atoms with E-state index < -0.39 is 0 Å². The van der Waals surface area contributed by atoms with Gasteiger partial charge in [-0.15, -0.1) is 0 Å². The van der Waals surface area contributed by atoms with E-state index >= 15 is 0 Å². The number of urea groups is 1. The van der Waals surface area contributed by atoms with E-state index in [9.17, 15) is 4.79 Å². The number of ether oxygens (including phenoxy) is 2. The van der Waals surface area contributed by atoms with Crippen LogP contribution in [0.25, 0.3) is 11.3 Å². The minimum Gasteiger partial charge on any atom is -0.497 e. The van der Waals surface area contributed by atoms with Crippen molar-refractivity contribution < 1.29 is 18.8 Å². The Labute approximate surface area is 169 Å². The van der Waals surface area contributed by atoms with Crippen molar-refractivity contribution in [1.82, 2.24) is 10.1 Å². The van der Waals surface area contributed by atoms with Gasteiger partial charge in [-0.05, 0) is 49.2 Å². The third-order valence-electron chi connectivity index (χ3n) is 4.85. The molecule has 0 spiro atoms. The molecule has 0 unspecified atom stereocenters. The maximum atomic E-state index is 12.8. The molecule has 1 fully saturated rings. The van der Waals surface area contributed by atoms with E-state index in [-0.39, 0.29) is 12.1 Å². The number of hydrogen-bond acceptors (Lipinski definition) is 5. The van der Waals surface area contributed by atoms with Gasteiger partial charge < -0.3 is 24.2 Å². The Bertz CT molecular complexity index is 980. The van der Waals surface area contributed by atoms with Gasteiger partial charge >= 0.3 is 6.03 Å². The molecule has 1 N–H and O–H groups in total. The second-order valence-electron chi connectivity index (χ2n) is 6.90. The zero-order valence-electron chi connectivity index (χ0n) is 16.4. The van der Waals surface area contributed by atoms with Gasteiger partial charge in [-0.3, -0.25) is 0 Å². The molecule has 7 heteroatoms. The summed E-state index contributed by atoms with van der Waals surface area (Å²) in [5.74, 6) is 2.07. The lowest BCUT2D eigenvalue weighted by Gasteiger charge is -2.21. The summed E-state index contributed by atoms with van der Waals surface area (Å²) in [5.41, 5.74) is 2.24. The molecule has 4 rings (SSSR count). The zero-order valence-corrected chi connectivity index (χ0v) is 16.4. The largest absolute Gasteiger partial charge is 0.497 e. The van der Waals surface area contributed by atoms with Crippen LogP contribution in [0.5, 0.6) is 11.5 Å². The van der Waals surface area contributed by atoms with E-state index in [1.165, 1.54) is 0 Å². The first-order valence-electron chi connectivity index (χ1n) is 9.48. The van der Waals surface area contributed by atoms with Crippen molar-refractivity contribution in [1.29, 1.82) is 0 Å². The molecule has 0 radical (unpaired) electrons. The van der Waals surface area contributed by atoms with Gasteiger partial charge in [0.2, 0.25) is 0 Å². The summed E-state index contributed by atoms with van der Waals surface area (Å²) in [6, 6.07) is 16.8. The topological polar surface area (TPSA) is 76.8 Å². The summed E-state index contributed by atoms with van der Waals surface area (Å²) < 4.78 is 16.1. The molecule has 2 aromatic carbocycles. The average molecular weight is 393 g/mol. The Balaban J connectivity index is 1.47. The van der Waals surface area contributed by atoms with Crippen molar-refractivity contribution in [3.63, 3.8) is 0 Å². The number of carbonyl (C=O) groups excluding carboxylic acids is 1. The number of benzene rings is 2. The third-order valence-corrected chi connectivity index (χ3v) is 4.85. The highest BCUT2D eigenvalue weighted by Crippen LogP contribution is 2.32. The van der Waals surface area contributed by atoms with Gasteiger partial charge in [-0.25, -0.2) is 4.79 Å². The Morgan fingerprint density at radius 3 is 2.59 bits per heavy atom. The molecule has 1 aliphatic carbocycles. The van der Waals surface area contributed by atoms with Crippen LogP contribution >= 0.6 is 0 Å². The number of aromatic nitrogens is 1. The van der Waals surface area contributed by atoms with Crippen LogP contribution in [0.1, 0.15) is 18.5 Å². The number of hydrogen-bond donors (Lipinski definition) is 1. The summed E-state index contributed by atoms with van der Waals surface area (Å²) in [6.07, 6.45) is 1.99. The first-order valence-corrected chi connectivity index (χ1v) is 9.48. The molecular weight excluding hydrogens is 370 g/mol. The lowest BCUT2D eigenvalue weighted by atomic mass is 10.1. The summed E-state index contributed by atoms with van der Waals surface area (Å²) in [6.45, 7) is 0.380. The minimum atomic E-state index is -0.153. The second-order valence-corrected chi connectivity index (χ2v) is 6.90. The first kappa shape index (κ1) is 18.9. The van der Waals surface area contributed by atoms with Crippen LogP contribution < -0.4 is 14.8 Å². The number of anilines is 1. The Kier molecular flexibility index (Phi) is 5.37. The highest BCUT2D eigenvalue weighted by molar-refractivity contribution is 5.89. The fraction of sp³-hybridized carbons (Fsp3) is 0.273. The number of methoxy groups -OCH3 is 2. The molecule has 1 saturated carbocycles. The molecule has 1 heterocycles. The Morgan fingerprint density at radius 1 is 1.14 bits per heavy atom. The van der Waals surface area contributed by atoms with Crippen LogP contribution in [0.4, 0.5) is 10.5 Å². The van der Waals surface area contributed by atoms with E-state index in [4.69, 9.17) is 14.0 Å². The number of nitrogens with zero attached hydrogens (tertiary/aromatic N) is 2. The van der Waals surface area contributed by atoms with Gasteiger partial charge in [-0.1, -0.05) is 17.3 Å². The molecule has 7 nitrogen and oxygen atoms in total. The van der Waals surface area contributed by atoms with Crippen LogP contribution in [0.15, 0.2) is 59.1 Å². The van der Waals surface area contributed by atoms with Gasteiger partial charge in [0.1, 0.15) is 17.2 Å². The SMILES string of the molecule is COc1ccc(NC(=O)N(Cc2cc(-c3ccccc3OC)on2)C2CC2)cc1. The number of amides is 2. The maximum absolute atomic E-state index is 12.8. The smallest absolute Gasteiger partial charge is 0.322 e. The van der Waals surface area contributed by atoms with E-state index in [1.54, 1.807) is 19.1 Å². The molecule has 3 aromatic rings. The van der Waals surface area contributed by atoms with Crippen LogP contribution in [-0.4, -0.2) is 36.3 Å². The fourth-order valence-electron chi connectivity index (χ4n) is 3.16. The quantitative estimate of drug-likeness (QED) is 0.637. The molecule has 0 saturated heterocycles. The maximum Gasteiger partial charge on any atom is 0.322 e. The Morgan fingerprint density at radius 2 is 1.90 bits per heavy atom. The third kappa shape index (κ3) is 4.34. The van der Waals surface area contributed by atoms with Crippen molar-refractivity contribution in [2.24, 2.45) is 0 Å². The van der Waals surface area contributed by atoms with E-state index in [2.05, 4.69) is 10.5 Å². The highest BCUT2D eigenvalue weighted by atomic mass is 16.5. The number of nitrogens with one attached hydrogen (secondary N) is 1. The van der Waals surface area contributed by atoms with Gasteiger partial charge in [0.15, 0.2) is 5.76 Å². The predicted octanol–water partition coefficient (Wildman–Crippen LogP) is 4.56. The zero-order chi connectivity index (χ0) is 20.2. The standard InChI is InChI=1S/C22H23N3O4/c1-27-18-11-7-15(8-12-18)23-22(26)25(17-9-10-17)14-16-13-21(29-24-16)19-5-3-4-6-20(19)28-2/h3-8,11-13,17H,9-10,14H2,1-2H3,(H,23,26). The Hall–Kier alpha value is -3.48. The number of rotatable bonds is 7. The molecule has 1 aliphatic rings. The van der Waals surface area contributed by atoms with Crippen molar-refractivity contribution in [2.75, 3.05) is 19.5 Å². The number of para-hydroxylation sites is 1. The molecule has 29 heavy (non-hydrogen) atoms. The molecule has 0 atom stereocenters. The minimum absolute atomic E-state index is 0.153. The monoisotopic (exact) mass is 393 g/mol. The summed E-state index contributed by atoms with van der Waals surface area (Å²) >= 11 is 0. The molecule has 0 bridgehead atoms. The normalized spacial score (nSPS) is 13.0. The predicted molar refractivity (Wildman–Crippen MR) is 109 cm³/mol. The van der Waals surface area contributed by atoms with Crippen molar-refractivity contribution in [2.45, 2.75) is 25.4 Å². The molecule has 150 valence electrons. The van der Waals surface area contributed by atoms with Crippen molar-refractivity contribution in [3.05, 3.63) is 60.3 Å². The second kappa shape index (κ2) is 8.26. The average Bonchev–Trinajstić information content (AvgIpc) is 3.49. The van der Waals surface area contributed by atoms with Gasteiger partial charge in [0.05, 0.1) is 26.3 Å². The fourth-order valence-corrected chi connectivity index (χ4v) is 3.16. The lowest BCUT2D eigenvalue weighted by Crippen LogP contribution is -2.36. The van der Waals surface area contributed by atoms with Crippen molar-refractivity contribution >= 4 is 11.7 Å². The van der Waals surface area contributed by atoms with Crippen molar-refractivity contribution in [3.8, 4) is 22.8 Å². The van der Waals surface area contributed by atoms with Gasteiger partial charge in [0.25, 0.3) is 0 Å². The highest BCUT2D eigenvalue weighted by Gasteiger charge is 2.33. The van der Waals surface area contributed by atoms with E-state index in [0.29, 0.717) is 23.7 Å². The summed E-state index contributed by atoms with van der Waals surface area (Å²) in [4.78, 5) is 14.6. The van der Waals surface area contributed by atoms with E-state index in [0.717, 1.165) is 29.8 Å². The van der Waals surface area contributed by atoms with E-state index in [1.807, 2.05) is 54.6 Å². The summed E-state index contributed by atoms with van der Waals surface area (Å²) in [5, 5.41) is 7.11. The summed E-state index contributed by atoms with van der Waals surface area (Å²) in [7, 11) is 3.23. The molecule has 1 aromatic heterocycles. The van der Waals surface area contributed by atoms with Crippen LogP contribution in [-0.2, 0) is 6.54 Å². The van der Waals surface area contributed by atoms with Crippen LogP contribution in [0, 0.1) is 0 Å². The lowest BCUT2D eigenvalue weighted by molar-refractivity contribution is 0.204. The first-order chi connectivity index (χ1) is 14.2. The molecule has 2 amide bonds. The van der Waals surface area contributed by atoms with Crippen LogP contribution in [0.3, 0.4) is 0 Å². The molecule has 0 aliphatic heterocycles. The van der Waals surface area contributed by atoms with Gasteiger partial charge in [-0.2, -0.15) is 0 Å². The van der Waals surface area contributed by atoms with Crippen LogP contribution in [0.2, 0.25) is 0 Å².